The molecule has 1 aliphatic carbocycles. The maximum atomic E-state index is 12.7. The van der Waals surface area contributed by atoms with E-state index in [9.17, 15) is 4.79 Å². The average molecular weight is 319 g/mol. The van der Waals surface area contributed by atoms with Crippen molar-refractivity contribution in [3.8, 4) is 0 Å². The minimum Gasteiger partial charge on any atom is -0.331 e. The van der Waals surface area contributed by atoms with Gasteiger partial charge in [-0.15, -0.1) is 12.4 Å². The smallest absolute Gasteiger partial charge is 0.254 e. The zero-order chi connectivity index (χ0) is 14.7. The van der Waals surface area contributed by atoms with Crippen LogP contribution in [0.25, 0.3) is 0 Å². The van der Waals surface area contributed by atoms with Gasteiger partial charge in [0, 0.05) is 43.3 Å². The lowest BCUT2D eigenvalue weighted by Crippen LogP contribution is -2.32. The topological polar surface area (TPSA) is 72.1 Å². The van der Waals surface area contributed by atoms with Crippen molar-refractivity contribution < 1.29 is 4.79 Å². The van der Waals surface area contributed by atoms with Crippen LogP contribution in [0.5, 0.6) is 0 Å². The summed E-state index contributed by atoms with van der Waals surface area (Å²) in [5.74, 6) is 0.0476. The van der Waals surface area contributed by atoms with Crippen LogP contribution in [0.15, 0.2) is 42.9 Å². The van der Waals surface area contributed by atoms with Crippen LogP contribution in [0.2, 0.25) is 0 Å². The summed E-state index contributed by atoms with van der Waals surface area (Å²) >= 11 is 0. The molecule has 0 aliphatic heterocycles. The zero-order valence-electron chi connectivity index (χ0n) is 12.2. The minimum atomic E-state index is 0. The van der Waals surface area contributed by atoms with Crippen LogP contribution < -0.4 is 5.73 Å². The molecule has 1 saturated carbocycles. The number of nitrogens with two attached hydrogens (primary N) is 1. The van der Waals surface area contributed by atoms with Crippen LogP contribution in [0.4, 0.5) is 0 Å². The number of halogens is 1. The Morgan fingerprint density at radius 2 is 1.95 bits per heavy atom. The second-order valence-electron chi connectivity index (χ2n) is 5.26. The Morgan fingerprint density at radius 1 is 1.23 bits per heavy atom. The third-order valence-corrected chi connectivity index (χ3v) is 3.62. The molecule has 2 aromatic heterocycles. The lowest BCUT2D eigenvalue weighted by molar-refractivity contribution is 0.0729. The SMILES string of the molecule is Cl.NCc1cc(C(=O)N(Cc2ccncc2)C2CC2)ccn1. The zero-order valence-corrected chi connectivity index (χ0v) is 13.0. The molecule has 116 valence electrons. The third-order valence-electron chi connectivity index (χ3n) is 3.62. The lowest BCUT2D eigenvalue weighted by atomic mass is 10.1. The molecular formula is C16H19ClN4O. The van der Waals surface area contributed by atoms with Gasteiger partial charge >= 0.3 is 0 Å². The number of carbonyl (C=O) groups excluding carboxylic acids is 1. The first-order valence-corrected chi connectivity index (χ1v) is 7.13. The van der Waals surface area contributed by atoms with Gasteiger partial charge in [0.25, 0.3) is 5.91 Å². The number of nitrogens with zero attached hydrogens (tertiary/aromatic N) is 3. The van der Waals surface area contributed by atoms with Gasteiger partial charge in [0.1, 0.15) is 0 Å². The predicted molar refractivity (Wildman–Crippen MR) is 86.5 cm³/mol. The van der Waals surface area contributed by atoms with Crippen molar-refractivity contribution in [2.45, 2.75) is 32.0 Å². The van der Waals surface area contributed by atoms with Crippen molar-refractivity contribution in [3.05, 3.63) is 59.7 Å². The van der Waals surface area contributed by atoms with E-state index in [1.807, 2.05) is 17.0 Å². The van der Waals surface area contributed by atoms with E-state index in [1.54, 1.807) is 30.7 Å². The first-order chi connectivity index (χ1) is 10.3. The molecule has 1 aliphatic rings. The molecule has 2 heterocycles. The second-order valence-corrected chi connectivity index (χ2v) is 5.26. The van der Waals surface area contributed by atoms with Gasteiger partial charge < -0.3 is 10.6 Å². The molecule has 5 nitrogen and oxygen atoms in total. The van der Waals surface area contributed by atoms with E-state index in [0.29, 0.717) is 24.7 Å². The Kier molecular flexibility index (Phi) is 5.46. The Labute approximate surface area is 136 Å². The minimum absolute atomic E-state index is 0. The molecule has 0 atom stereocenters. The highest BCUT2D eigenvalue weighted by atomic mass is 35.5. The van der Waals surface area contributed by atoms with Crippen molar-refractivity contribution in [2.75, 3.05) is 0 Å². The summed E-state index contributed by atoms with van der Waals surface area (Å²) in [5.41, 5.74) is 8.09. The van der Waals surface area contributed by atoms with Crippen LogP contribution in [-0.2, 0) is 13.1 Å². The molecule has 0 bridgehead atoms. The highest BCUT2D eigenvalue weighted by Crippen LogP contribution is 2.29. The summed E-state index contributed by atoms with van der Waals surface area (Å²) < 4.78 is 0. The molecule has 3 rings (SSSR count). The number of amides is 1. The number of pyridine rings is 2. The molecule has 6 heteroatoms. The maximum Gasteiger partial charge on any atom is 0.254 e. The predicted octanol–water partition coefficient (Wildman–Crippen LogP) is 2.16. The largest absolute Gasteiger partial charge is 0.331 e. The highest BCUT2D eigenvalue weighted by molar-refractivity contribution is 5.94. The van der Waals surface area contributed by atoms with E-state index in [1.165, 1.54) is 0 Å². The fourth-order valence-electron chi connectivity index (χ4n) is 2.33. The van der Waals surface area contributed by atoms with E-state index >= 15 is 0 Å². The molecule has 22 heavy (non-hydrogen) atoms. The van der Waals surface area contributed by atoms with Crippen molar-refractivity contribution in [1.29, 1.82) is 0 Å². The van der Waals surface area contributed by atoms with Gasteiger partial charge in [0.05, 0.1) is 5.69 Å². The molecule has 0 radical (unpaired) electrons. The van der Waals surface area contributed by atoms with Gasteiger partial charge in [-0.3, -0.25) is 14.8 Å². The second kappa shape index (κ2) is 7.33. The summed E-state index contributed by atoms with van der Waals surface area (Å²) in [6.45, 7) is 0.960. The number of rotatable bonds is 5. The number of hydrogen-bond donors (Lipinski definition) is 1. The van der Waals surface area contributed by atoms with Gasteiger partial charge in [-0.1, -0.05) is 0 Å². The molecular weight excluding hydrogens is 300 g/mol. The third kappa shape index (κ3) is 3.81. The van der Waals surface area contributed by atoms with E-state index in [2.05, 4.69) is 9.97 Å². The van der Waals surface area contributed by atoms with Crippen molar-refractivity contribution in [3.63, 3.8) is 0 Å². The van der Waals surface area contributed by atoms with Gasteiger partial charge in [0.15, 0.2) is 0 Å². The van der Waals surface area contributed by atoms with Crippen molar-refractivity contribution in [2.24, 2.45) is 5.73 Å². The fourth-order valence-corrected chi connectivity index (χ4v) is 2.33. The molecule has 0 aromatic carbocycles. The summed E-state index contributed by atoms with van der Waals surface area (Å²) in [6.07, 6.45) is 7.30. The fraction of sp³-hybridized carbons (Fsp3) is 0.312. The van der Waals surface area contributed by atoms with Gasteiger partial charge in [-0.05, 0) is 42.7 Å². The Hall–Kier alpha value is -1.98. The van der Waals surface area contributed by atoms with Crippen molar-refractivity contribution >= 4 is 18.3 Å². The van der Waals surface area contributed by atoms with Crippen molar-refractivity contribution in [1.82, 2.24) is 14.9 Å². The molecule has 0 spiro atoms. The van der Waals surface area contributed by atoms with E-state index < -0.39 is 0 Å². The summed E-state index contributed by atoms with van der Waals surface area (Å²) in [5, 5.41) is 0. The molecule has 0 unspecified atom stereocenters. The van der Waals surface area contributed by atoms with Crippen LogP contribution >= 0.6 is 12.4 Å². The van der Waals surface area contributed by atoms with Gasteiger partial charge in [-0.25, -0.2) is 0 Å². The molecule has 0 saturated heterocycles. The Bertz CT molecular complexity index is 631. The summed E-state index contributed by atoms with van der Waals surface area (Å²) in [6, 6.07) is 7.77. The lowest BCUT2D eigenvalue weighted by Gasteiger charge is -2.22. The average Bonchev–Trinajstić information content (AvgIpc) is 3.38. The van der Waals surface area contributed by atoms with E-state index in [0.717, 1.165) is 24.1 Å². The normalized spacial score (nSPS) is 13.3. The monoisotopic (exact) mass is 318 g/mol. The summed E-state index contributed by atoms with van der Waals surface area (Å²) in [4.78, 5) is 22.8. The Morgan fingerprint density at radius 3 is 2.59 bits per heavy atom. The highest BCUT2D eigenvalue weighted by Gasteiger charge is 2.33. The number of aromatic nitrogens is 2. The maximum absolute atomic E-state index is 12.7. The quantitative estimate of drug-likeness (QED) is 0.917. The van der Waals surface area contributed by atoms with Gasteiger partial charge in [-0.2, -0.15) is 0 Å². The Balaban J connectivity index is 0.00000176. The number of carbonyl (C=O) groups is 1. The van der Waals surface area contributed by atoms with Gasteiger partial charge in [0.2, 0.25) is 0 Å². The van der Waals surface area contributed by atoms with Crippen LogP contribution in [0.3, 0.4) is 0 Å². The van der Waals surface area contributed by atoms with Crippen LogP contribution in [-0.4, -0.2) is 26.8 Å². The molecule has 1 fully saturated rings. The summed E-state index contributed by atoms with van der Waals surface area (Å²) in [7, 11) is 0. The number of hydrogen-bond acceptors (Lipinski definition) is 4. The molecule has 2 N–H and O–H groups in total. The molecule has 2 aromatic rings. The molecule has 1 amide bonds. The standard InChI is InChI=1S/C16H18N4O.ClH/c17-10-14-9-13(5-8-19-14)16(21)20(15-1-2-15)11-12-3-6-18-7-4-12;/h3-9,15H,1-2,10-11,17H2;1H. The van der Waals surface area contributed by atoms with Crippen LogP contribution in [0, 0.1) is 0 Å². The first-order valence-electron chi connectivity index (χ1n) is 7.13. The van der Waals surface area contributed by atoms with E-state index in [-0.39, 0.29) is 18.3 Å². The van der Waals surface area contributed by atoms with Crippen LogP contribution in [0.1, 0.15) is 34.5 Å². The first kappa shape index (κ1) is 16.4. The van der Waals surface area contributed by atoms with E-state index in [4.69, 9.17) is 5.73 Å².